The number of nitrogens with one attached hydrogen (secondary N) is 1. The summed E-state index contributed by atoms with van der Waals surface area (Å²) < 4.78 is 5.58. The molecule has 120 valence electrons. The zero-order valence-electron chi connectivity index (χ0n) is 12.6. The normalized spacial score (nSPS) is 20.0. The predicted octanol–water partition coefficient (Wildman–Crippen LogP) is 3.29. The maximum absolute atomic E-state index is 5.58. The lowest BCUT2D eigenvalue weighted by atomic mass is 9.97. The van der Waals surface area contributed by atoms with Crippen LogP contribution in [0.3, 0.4) is 0 Å². The summed E-state index contributed by atoms with van der Waals surface area (Å²) in [7, 11) is 1.78. The van der Waals surface area contributed by atoms with Crippen LogP contribution in [0.2, 0.25) is 0 Å². The average molecular weight is 333 g/mol. The van der Waals surface area contributed by atoms with E-state index in [1.54, 1.807) is 7.11 Å². The molecule has 1 aromatic carbocycles. The van der Waals surface area contributed by atoms with E-state index < -0.39 is 0 Å². The number of hydrogen-bond acceptors (Lipinski definition) is 3. The van der Waals surface area contributed by atoms with Crippen molar-refractivity contribution in [2.24, 2.45) is 5.92 Å². The van der Waals surface area contributed by atoms with Crippen LogP contribution in [-0.2, 0) is 0 Å². The van der Waals surface area contributed by atoms with Gasteiger partial charge in [0.15, 0.2) is 0 Å². The maximum atomic E-state index is 5.58. The van der Waals surface area contributed by atoms with Crippen molar-refractivity contribution in [3.05, 3.63) is 29.8 Å². The van der Waals surface area contributed by atoms with Gasteiger partial charge >= 0.3 is 0 Å². The molecule has 1 aliphatic carbocycles. The molecule has 0 unspecified atom stereocenters. The van der Waals surface area contributed by atoms with Gasteiger partial charge < -0.3 is 10.1 Å². The molecule has 1 saturated heterocycles. The Kier molecular flexibility index (Phi) is 7.82. The van der Waals surface area contributed by atoms with Crippen molar-refractivity contribution in [1.29, 1.82) is 0 Å². The summed E-state index contributed by atoms with van der Waals surface area (Å²) in [6.45, 7) is 4.51. The minimum Gasteiger partial charge on any atom is -0.496 e. The molecule has 0 amide bonds. The van der Waals surface area contributed by atoms with Crippen LogP contribution in [0.15, 0.2) is 24.3 Å². The second-order valence-corrected chi connectivity index (χ2v) is 5.72. The number of hydrogen-bond donors (Lipinski definition) is 1. The summed E-state index contributed by atoms with van der Waals surface area (Å²) in [6.07, 6.45) is 4.12. The Balaban J connectivity index is 0.00000110. The standard InChI is InChI=1S/C16H24N2O.2ClH/c1-19-16-5-3-2-4-14(16)15(12-13-6-7-13)18-10-8-17-9-11-18;;/h2-5,13,15,17H,6-12H2,1H3;2*1H/t15-;;/m1../s1. The number of methoxy groups -OCH3 is 1. The van der Waals surface area contributed by atoms with Gasteiger partial charge in [-0.2, -0.15) is 0 Å². The molecule has 0 radical (unpaired) electrons. The van der Waals surface area contributed by atoms with Crippen molar-refractivity contribution < 1.29 is 4.74 Å². The van der Waals surface area contributed by atoms with Crippen LogP contribution >= 0.6 is 24.8 Å². The first-order valence-electron chi connectivity index (χ1n) is 7.46. The molecule has 1 heterocycles. The van der Waals surface area contributed by atoms with Crippen molar-refractivity contribution in [1.82, 2.24) is 10.2 Å². The summed E-state index contributed by atoms with van der Waals surface area (Å²) in [5.41, 5.74) is 1.37. The summed E-state index contributed by atoms with van der Waals surface area (Å²) in [5.74, 6) is 1.98. The Hall–Kier alpha value is -0.480. The van der Waals surface area contributed by atoms with Crippen LogP contribution in [0.1, 0.15) is 30.9 Å². The number of piperazine rings is 1. The van der Waals surface area contributed by atoms with Crippen LogP contribution in [-0.4, -0.2) is 38.2 Å². The SMILES string of the molecule is COc1ccccc1[C@@H](CC1CC1)N1CCNCC1.Cl.Cl. The highest BCUT2D eigenvalue weighted by atomic mass is 35.5. The molecule has 2 fully saturated rings. The van der Waals surface area contributed by atoms with Gasteiger partial charge in [-0.25, -0.2) is 0 Å². The van der Waals surface area contributed by atoms with Crippen molar-refractivity contribution in [3.63, 3.8) is 0 Å². The van der Waals surface area contributed by atoms with Crippen molar-refractivity contribution >= 4 is 24.8 Å². The number of ether oxygens (including phenoxy) is 1. The number of nitrogens with zero attached hydrogens (tertiary/aromatic N) is 1. The summed E-state index contributed by atoms with van der Waals surface area (Å²) >= 11 is 0. The third-order valence-electron chi connectivity index (χ3n) is 4.34. The molecule has 3 rings (SSSR count). The van der Waals surface area contributed by atoms with Gasteiger partial charge in [0.05, 0.1) is 7.11 Å². The highest BCUT2D eigenvalue weighted by Gasteiger charge is 2.31. The molecule has 1 aromatic rings. The molecule has 21 heavy (non-hydrogen) atoms. The second-order valence-electron chi connectivity index (χ2n) is 5.72. The van der Waals surface area contributed by atoms with Gasteiger partial charge in [0.2, 0.25) is 0 Å². The number of benzene rings is 1. The lowest BCUT2D eigenvalue weighted by Gasteiger charge is -2.36. The zero-order chi connectivity index (χ0) is 13.1. The highest BCUT2D eigenvalue weighted by Crippen LogP contribution is 2.42. The van der Waals surface area contributed by atoms with Crippen molar-refractivity contribution in [2.75, 3.05) is 33.3 Å². The lowest BCUT2D eigenvalue weighted by Crippen LogP contribution is -2.45. The maximum Gasteiger partial charge on any atom is 0.123 e. The quantitative estimate of drug-likeness (QED) is 0.895. The summed E-state index contributed by atoms with van der Waals surface area (Å²) in [4.78, 5) is 2.63. The van der Waals surface area contributed by atoms with Crippen molar-refractivity contribution in [3.8, 4) is 5.75 Å². The Morgan fingerprint density at radius 1 is 1.19 bits per heavy atom. The van der Waals surface area contributed by atoms with Crippen LogP contribution in [0.25, 0.3) is 0 Å². The first-order valence-corrected chi connectivity index (χ1v) is 7.46. The van der Waals surface area contributed by atoms with E-state index in [-0.39, 0.29) is 24.8 Å². The fourth-order valence-electron chi connectivity index (χ4n) is 3.08. The van der Waals surface area contributed by atoms with Crippen LogP contribution in [0, 0.1) is 5.92 Å². The molecule has 1 aliphatic heterocycles. The molecule has 1 N–H and O–H groups in total. The lowest BCUT2D eigenvalue weighted by molar-refractivity contribution is 0.158. The smallest absolute Gasteiger partial charge is 0.123 e. The van der Waals surface area contributed by atoms with E-state index in [9.17, 15) is 0 Å². The molecule has 1 atom stereocenters. The third kappa shape index (κ3) is 4.75. The highest BCUT2D eigenvalue weighted by molar-refractivity contribution is 5.85. The van der Waals surface area contributed by atoms with Gasteiger partial charge in [0.1, 0.15) is 5.75 Å². The van der Waals surface area contributed by atoms with Gasteiger partial charge in [0, 0.05) is 37.8 Å². The molecular weight excluding hydrogens is 307 g/mol. The fourth-order valence-corrected chi connectivity index (χ4v) is 3.08. The average Bonchev–Trinajstić information content (AvgIpc) is 3.30. The Morgan fingerprint density at radius 3 is 2.48 bits per heavy atom. The van der Waals surface area contributed by atoms with E-state index in [1.165, 1.54) is 24.8 Å². The molecule has 0 aromatic heterocycles. The minimum absolute atomic E-state index is 0. The van der Waals surface area contributed by atoms with Gasteiger partial charge in [-0.05, 0) is 18.4 Å². The van der Waals surface area contributed by atoms with Crippen LogP contribution < -0.4 is 10.1 Å². The fraction of sp³-hybridized carbons (Fsp3) is 0.625. The van der Waals surface area contributed by atoms with E-state index in [0.29, 0.717) is 6.04 Å². The van der Waals surface area contributed by atoms with Gasteiger partial charge in [-0.3, -0.25) is 4.90 Å². The zero-order valence-corrected chi connectivity index (χ0v) is 14.2. The Morgan fingerprint density at radius 2 is 1.86 bits per heavy atom. The molecule has 5 heteroatoms. The topological polar surface area (TPSA) is 24.5 Å². The van der Waals surface area contributed by atoms with Gasteiger partial charge in [-0.15, -0.1) is 24.8 Å². The molecule has 2 aliphatic rings. The monoisotopic (exact) mass is 332 g/mol. The third-order valence-corrected chi connectivity index (χ3v) is 4.34. The van der Waals surface area contributed by atoms with E-state index >= 15 is 0 Å². The molecule has 3 nitrogen and oxygen atoms in total. The second kappa shape index (κ2) is 8.84. The first kappa shape index (κ1) is 18.6. The number of para-hydroxylation sites is 1. The van der Waals surface area contributed by atoms with Crippen LogP contribution in [0.5, 0.6) is 5.75 Å². The molecular formula is C16H26Cl2N2O. The van der Waals surface area contributed by atoms with Crippen molar-refractivity contribution in [2.45, 2.75) is 25.3 Å². The molecule has 0 spiro atoms. The molecule has 1 saturated carbocycles. The van der Waals surface area contributed by atoms with E-state index in [4.69, 9.17) is 4.74 Å². The number of halogens is 2. The largest absolute Gasteiger partial charge is 0.496 e. The van der Waals surface area contributed by atoms with E-state index in [1.807, 2.05) is 0 Å². The summed E-state index contributed by atoms with van der Waals surface area (Å²) in [5, 5.41) is 3.45. The number of rotatable bonds is 5. The molecule has 0 bridgehead atoms. The van der Waals surface area contributed by atoms with Crippen LogP contribution in [0.4, 0.5) is 0 Å². The van der Waals surface area contributed by atoms with Gasteiger partial charge in [0.25, 0.3) is 0 Å². The Bertz CT molecular complexity index is 420. The van der Waals surface area contributed by atoms with E-state index in [0.717, 1.165) is 37.8 Å². The Labute approximate surface area is 140 Å². The first-order chi connectivity index (χ1) is 9.38. The predicted molar refractivity (Wildman–Crippen MR) is 92.0 cm³/mol. The van der Waals surface area contributed by atoms with Gasteiger partial charge in [-0.1, -0.05) is 31.0 Å². The van der Waals surface area contributed by atoms with E-state index in [2.05, 4.69) is 34.5 Å². The summed E-state index contributed by atoms with van der Waals surface area (Å²) in [6, 6.07) is 9.07. The minimum atomic E-state index is 0.